The molecule has 1 aromatic heterocycles. The fourth-order valence-electron chi connectivity index (χ4n) is 4.62. The van der Waals surface area contributed by atoms with E-state index < -0.39 is 8.24 Å². The van der Waals surface area contributed by atoms with Gasteiger partial charge in [-0.05, 0) is 35.7 Å². The van der Waals surface area contributed by atoms with E-state index in [2.05, 4.69) is 77.1 Å². The number of carbonyl (C=O) groups is 1. The molecule has 0 amide bonds. The van der Waals surface area contributed by atoms with Crippen LogP contribution in [-0.4, -0.2) is 18.8 Å². The van der Waals surface area contributed by atoms with Crippen LogP contribution in [0.5, 0.6) is 0 Å². The van der Waals surface area contributed by atoms with Crippen LogP contribution in [0.4, 0.5) is 0 Å². The molecule has 22 heavy (non-hydrogen) atoms. The predicted octanol–water partition coefficient (Wildman–Crippen LogP) is 5.79. The van der Waals surface area contributed by atoms with Crippen LogP contribution < -0.4 is 0 Å². The van der Waals surface area contributed by atoms with Crippen LogP contribution in [-0.2, 0) is 0 Å². The summed E-state index contributed by atoms with van der Waals surface area (Å²) in [6, 6.07) is 6.51. The fraction of sp³-hybridized carbons (Fsp3) is 0.526. The first-order valence-electron chi connectivity index (χ1n) is 8.34. The van der Waals surface area contributed by atoms with Crippen LogP contribution >= 0.6 is 0 Å². The van der Waals surface area contributed by atoms with Crippen LogP contribution in [0, 0.1) is 6.92 Å². The van der Waals surface area contributed by atoms with Crippen molar-refractivity contribution in [1.29, 1.82) is 0 Å². The minimum absolute atomic E-state index is 0.615. The summed E-state index contributed by atoms with van der Waals surface area (Å²) in [6.07, 6.45) is 3.14. The Balaban J connectivity index is 2.89. The molecule has 0 aliphatic rings. The zero-order chi connectivity index (χ0) is 16.7. The van der Waals surface area contributed by atoms with Crippen molar-refractivity contribution in [3.8, 4) is 0 Å². The number of nitrogens with zero attached hydrogens (tertiary/aromatic N) is 1. The molecule has 0 bridgehead atoms. The van der Waals surface area contributed by atoms with Gasteiger partial charge in [0.2, 0.25) is 0 Å². The van der Waals surface area contributed by atoms with Crippen molar-refractivity contribution in [2.75, 3.05) is 0 Å². The van der Waals surface area contributed by atoms with Gasteiger partial charge < -0.3 is 4.23 Å². The van der Waals surface area contributed by atoms with Crippen molar-refractivity contribution in [1.82, 2.24) is 4.23 Å². The number of hydrogen-bond acceptors (Lipinski definition) is 1. The van der Waals surface area contributed by atoms with Gasteiger partial charge in [0.1, 0.15) is 0 Å². The van der Waals surface area contributed by atoms with Gasteiger partial charge in [-0.1, -0.05) is 53.2 Å². The van der Waals surface area contributed by atoms with Gasteiger partial charge in [-0.3, -0.25) is 4.79 Å². The van der Waals surface area contributed by atoms with E-state index in [1.807, 2.05) is 0 Å². The van der Waals surface area contributed by atoms with E-state index in [0.29, 0.717) is 16.6 Å². The van der Waals surface area contributed by atoms with Gasteiger partial charge >= 0.3 is 0 Å². The van der Waals surface area contributed by atoms with Crippen molar-refractivity contribution < 1.29 is 4.79 Å². The lowest BCUT2D eigenvalue weighted by Gasteiger charge is -2.44. The third-order valence-electron chi connectivity index (χ3n) is 5.31. The number of benzene rings is 1. The maximum absolute atomic E-state index is 11.6. The molecule has 0 atom stereocenters. The van der Waals surface area contributed by atoms with Gasteiger partial charge in [-0.2, -0.15) is 0 Å². The summed E-state index contributed by atoms with van der Waals surface area (Å²) >= 11 is 0. The molecule has 3 heteroatoms. The molecule has 1 heterocycles. The van der Waals surface area contributed by atoms with Crippen LogP contribution in [0.25, 0.3) is 10.9 Å². The summed E-state index contributed by atoms with van der Waals surface area (Å²) in [6.45, 7) is 16.2. The third kappa shape index (κ3) is 2.36. The summed E-state index contributed by atoms with van der Waals surface area (Å²) in [5.74, 6) is 0. The molecule has 0 radical (unpaired) electrons. The Labute approximate surface area is 135 Å². The maximum atomic E-state index is 11.6. The Morgan fingerprint density at radius 2 is 1.55 bits per heavy atom. The van der Waals surface area contributed by atoms with Crippen LogP contribution in [0.15, 0.2) is 24.4 Å². The summed E-state index contributed by atoms with van der Waals surface area (Å²) in [5, 5.41) is 1.11. The maximum Gasteiger partial charge on any atom is 0.169 e. The number of fused-ring (bicyclic) bond motifs is 1. The summed E-state index contributed by atoms with van der Waals surface area (Å²) < 4.78 is 2.52. The number of aromatic nitrogens is 1. The number of aryl methyl sites for hydroxylation is 1. The van der Waals surface area contributed by atoms with Crippen LogP contribution in [0.3, 0.4) is 0 Å². The van der Waals surface area contributed by atoms with Crippen LogP contribution in [0.1, 0.15) is 57.5 Å². The van der Waals surface area contributed by atoms with E-state index in [-0.39, 0.29) is 0 Å². The second-order valence-electron chi connectivity index (χ2n) is 7.44. The molecule has 0 unspecified atom stereocenters. The molecule has 2 rings (SSSR count). The van der Waals surface area contributed by atoms with Crippen molar-refractivity contribution in [3.05, 3.63) is 35.5 Å². The Hall–Kier alpha value is -1.35. The van der Waals surface area contributed by atoms with Crippen molar-refractivity contribution >= 4 is 25.4 Å². The molecule has 0 spiro atoms. The quantitative estimate of drug-likeness (QED) is 0.506. The van der Waals surface area contributed by atoms with Gasteiger partial charge in [-0.15, -0.1) is 0 Å². The molecule has 120 valence electrons. The molecule has 0 saturated heterocycles. The zero-order valence-corrected chi connectivity index (χ0v) is 16.0. The van der Waals surface area contributed by atoms with E-state index >= 15 is 0 Å². The lowest BCUT2D eigenvalue weighted by molar-refractivity contribution is 0.112. The smallest absolute Gasteiger partial charge is 0.169 e. The van der Waals surface area contributed by atoms with Gasteiger partial charge in [0.15, 0.2) is 14.5 Å². The summed E-state index contributed by atoms with van der Waals surface area (Å²) in [5.41, 5.74) is 5.11. The van der Waals surface area contributed by atoms with Crippen molar-refractivity contribution in [2.24, 2.45) is 0 Å². The highest BCUT2D eigenvalue weighted by Crippen LogP contribution is 2.44. The Kier molecular flexibility index (Phi) is 4.66. The Bertz CT molecular complexity index is 660. The largest absolute Gasteiger partial charge is 0.373 e. The first-order chi connectivity index (χ1) is 10.3. The first kappa shape index (κ1) is 17.0. The van der Waals surface area contributed by atoms with E-state index in [1.54, 1.807) is 0 Å². The Morgan fingerprint density at radius 3 is 2.00 bits per heavy atom. The van der Waals surface area contributed by atoms with Gasteiger partial charge in [0, 0.05) is 22.7 Å². The van der Waals surface area contributed by atoms with Crippen LogP contribution in [0.2, 0.25) is 16.6 Å². The predicted molar refractivity (Wildman–Crippen MR) is 98.5 cm³/mol. The topological polar surface area (TPSA) is 22.0 Å². The molecule has 0 saturated carbocycles. The Morgan fingerprint density at radius 1 is 1.00 bits per heavy atom. The summed E-state index contributed by atoms with van der Waals surface area (Å²) in [7, 11) is -1.82. The molecule has 2 nitrogen and oxygen atoms in total. The SMILES string of the molecule is Cc1ccc2c(c1)c(C=O)cn2[Si](C(C)C)(C(C)C)C(C)C. The first-order valence-corrected chi connectivity index (χ1v) is 10.5. The monoisotopic (exact) mass is 315 g/mol. The van der Waals surface area contributed by atoms with E-state index in [4.69, 9.17) is 0 Å². The number of carbonyl (C=O) groups excluding carboxylic acids is 1. The number of rotatable bonds is 5. The second kappa shape index (κ2) is 6.03. The number of aldehydes is 1. The molecule has 0 aliphatic carbocycles. The van der Waals surface area contributed by atoms with Gasteiger partial charge in [0.05, 0.1) is 0 Å². The lowest BCUT2D eigenvalue weighted by Crippen LogP contribution is -2.51. The normalized spacial score (nSPS) is 12.8. The molecule has 1 aromatic carbocycles. The standard InChI is InChI=1S/C19H29NOSi/c1-13(2)22(14(3)4,15(5)6)20-11-17(12-21)18-10-16(7)8-9-19(18)20/h8-15H,1-7H3. The summed E-state index contributed by atoms with van der Waals surface area (Å²) in [4.78, 5) is 11.6. The molecule has 0 aliphatic heterocycles. The van der Waals surface area contributed by atoms with E-state index in [1.165, 1.54) is 11.1 Å². The van der Waals surface area contributed by atoms with Gasteiger partial charge in [0.25, 0.3) is 0 Å². The van der Waals surface area contributed by atoms with Crippen molar-refractivity contribution in [2.45, 2.75) is 65.1 Å². The highest BCUT2D eigenvalue weighted by Gasteiger charge is 2.45. The zero-order valence-electron chi connectivity index (χ0n) is 15.0. The molecule has 0 fully saturated rings. The average Bonchev–Trinajstić information content (AvgIpc) is 2.76. The second-order valence-corrected chi connectivity index (χ2v) is 13.2. The minimum atomic E-state index is -1.82. The minimum Gasteiger partial charge on any atom is -0.373 e. The molecular weight excluding hydrogens is 286 g/mol. The van der Waals surface area contributed by atoms with E-state index in [9.17, 15) is 4.79 Å². The average molecular weight is 316 g/mol. The highest BCUT2D eigenvalue weighted by molar-refractivity contribution is 6.82. The van der Waals surface area contributed by atoms with Gasteiger partial charge in [-0.25, -0.2) is 0 Å². The molecule has 0 N–H and O–H groups in total. The number of hydrogen-bond donors (Lipinski definition) is 0. The lowest BCUT2D eigenvalue weighted by atomic mass is 10.1. The van der Waals surface area contributed by atoms with Crippen molar-refractivity contribution in [3.63, 3.8) is 0 Å². The molecular formula is C19H29NOSi. The highest BCUT2D eigenvalue weighted by atomic mass is 28.3. The fourth-order valence-corrected chi connectivity index (χ4v) is 11.3. The molecule has 2 aromatic rings. The third-order valence-corrected chi connectivity index (χ3v) is 12.1. The van der Waals surface area contributed by atoms with E-state index in [0.717, 1.165) is 17.2 Å².